The van der Waals surface area contributed by atoms with E-state index >= 15 is 0 Å². The van der Waals surface area contributed by atoms with Gasteiger partial charge >= 0.3 is 0 Å². The normalized spacial score (nSPS) is 10.7. The predicted molar refractivity (Wildman–Crippen MR) is 82.7 cm³/mol. The molecule has 0 spiro atoms. The average molecular weight is 289 g/mol. The smallest absolute Gasteiger partial charge is 0.127 e. The highest BCUT2D eigenvalue weighted by Gasteiger charge is 2.10. The van der Waals surface area contributed by atoms with Crippen LogP contribution in [-0.2, 0) is 19.6 Å². The second kappa shape index (κ2) is 7.13. The number of methoxy groups -OCH3 is 2. The van der Waals surface area contributed by atoms with Crippen molar-refractivity contribution >= 4 is 0 Å². The molecule has 2 aromatic rings. The fourth-order valence-electron chi connectivity index (χ4n) is 2.32. The quantitative estimate of drug-likeness (QED) is 0.851. The molecular weight excluding hydrogens is 266 g/mol. The van der Waals surface area contributed by atoms with Gasteiger partial charge in [-0.15, -0.1) is 0 Å². The van der Waals surface area contributed by atoms with Crippen LogP contribution in [0, 0.1) is 6.92 Å². The van der Waals surface area contributed by atoms with E-state index in [1.54, 1.807) is 14.2 Å². The molecule has 0 aliphatic rings. The lowest BCUT2D eigenvalue weighted by Crippen LogP contribution is -2.14. The molecule has 1 aromatic heterocycles. The molecular formula is C16H23N3O2. The summed E-state index contributed by atoms with van der Waals surface area (Å²) < 4.78 is 12.8. The van der Waals surface area contributed by atoms with Crippen molar-refractivity contribution in [2.75, 3.05) is 14.2 Å². The maximum absolute atomic E-state index is 5.40. The number of ether oxygens (including phenoxy) is 2. The summed E-state index contributed by atoms with van der Waals surface area (Å²) in [4.78, 5) is 0. The standard InChI is InChI=1S/C16H23N3O2/c1-5-19-11-13(12(2)18-19)9-17-10-14-15(20-3)7-6-8-16(14)21-4/h6-8,11,17H,5,9-10H2,1-4H3. The van der Waals surface area contributed by atoms with Crippen LogP contribution in [0.5, 0.6) is 11.5 Å². The van der Waals surface area contributed by atoms with Gasteiger partial charge in [-0.2, -0.15) is 5.10 Å². The van der Waals surface area contributed by atoms with Gasteiger partial charge in [-0.25, -0.2) is 0 Å². The van der Waals surface area contributed by atoms with E-state index in [0.717, 1.165) is 35.8 Å². The van der Waals surface area contributed by atoms with Gasteiger partial charge < -0.3 is 14.8 Å². The number of aromatic nitrogens is 2. The fourth-order valence-corrected chi connectivity index (χ4v) is 2.32. The molecule has 1 N–H and O–H groups in total. The van der Waals surface area contributed by atoms with E-state index in [2.05, 4.69) is 23.5 Å². The van der Waals surface area contributed by atoms with Gasteiger partial charge in [-0.05, 0) is 26.0 Å². The molecule has 5 nitrogen and oxygen atoms in total. The van der Waals surface area contributed by atoms with Crippen LogP contribution in [0.3, 0.4) is 0 Å². The van der Waals surface area contributed by atoms with Gasteiger partial charge in [-0.3, -0.25) is 4.68 Å². The molecule has 0 fully saturated rings. The van der Waals surface area contributed by atoms with Crippen LogP contribution in [0.25, 0.3) is 0 Å². The Morgan fingerprint density at radius 2 is 1.81 bits per heavy atom. The van der Waals surface area contributed by atoms with Crippen LogP contribution in [0.1, 0.15) is 23.7 Å². The van der Waals surface area contributed by atoms with Crippen LogP contribution >= 0.6 is 0 Å². The third kappa shape index (κ3) is 3.55. The summed E-state index contributed by atoms with van der Waals surface area (Å²) in [6.45, 7) is 6.47. The van der Waals surface area contributed by atoms with E-state index in [1.807, 2.05) is 29.8 Å². The van der Waals surface area contributed by atoms with Crippen molar-refractivity contribution in [3.63, 3.8) is 0 Å². The molecule has 0 unspecified atom stereocenters. The monoisotopic (exact) mass is 289 g/mol. The topological polar surface area (TPSA) is 48.3 Å². The Kier molecular flexibility index (Phi) is 5.22. The molecule has 0 aliphatic carbocycles. The molecule has 114 valence electrons. The Morgan fingerprint density at radius 1 is 1.14 bits per heavy atom. The first-order valence-corrected chi connectivity index (χ1v) is 7.13. The highest BCUT2D eigenvalue weighted by atomic mass is 16.5. The van der Waals surface area contributed by atoms with Crippen molar-refractivity contribution in [1.29, 1.82) is 0 Å². The maximum atomic E-state index is 5.40. The summed E-state index contributed by atoms with van der Waals surface area (Å²) >= 11 is 0. The lowest BCUT2D eigenvalue weighted by Gasteiger charge is -2.13. The summed E-state index contributed by atoms with van der Waals surface area (Å²) in [5.41, 5.74) is 3.31. The Labute approximate surface area is 125 Å². The zero-order valence-corrected chi connectivity index (χ0v) is 13.1. The van der Waals surface area contributed by atoms with Gasteiger partial charge in [0.25, 0.3) is 0 Å². The fraction of sp³-hybridized carbons (Fsp3) is 0.438. The minimum Gasteiger partial charge on any atom is -0.496 e. The van der Waals surface area contributed by atoms with Gasteiger partial charge in [0.05, 0.1) is 19.9 Å². The van der Waals surface area contributed by atoms with E-state index in [0.29, 0.717) is 6.54 Å². The molecule has 1 heterocycles. The first-order chi connectivity index (χ1) is 10.2. The van der Waals surface area contributed by atoms with Crippen LogP contribution < -0.4 is 14.8 Å². The summed E-state index contributed by atoms with van der Waals surface area (Å²) in [5, 5.41) is 7.88. The van der Waals surface area contributed by atoms with Gasteiger partial charge in [0.1, 0.15) is 11.5 Å². The highest BCUT2D eigenvalue weighted by Crippen LogP contribution is 2.27. The van der Waals surface area contributed by atoms with E-state index in [9.17, 15) is 0 Å². The minimum absolute atomic E-state index is 0.684. The average Bonchev–Trinajstić information content (AvgIpc) is 2.87. The van der Waals surface area contributed by atoms with Crippen LogP contribution in [0.4, 0.5) is 0 Å². The van der Waals surface area contributed by atoms with Gasteiger partial charge in [0.2, 0.25) is 0 Å². The third-order valence-electron chi connectivity index (χ3n) is 3.52. The first-order valence-electron chi connectivity index (χ1n) is 7.13. The summed E-state index contributed by atoms with van der Waals surface area (Å²) in [6, 6.07) is 5.82. The van der Waals surface area contributed by atoms with Crippen LogP contribution in [-0.4, -0.2) is 24.0 Å². The first kappa shape index (κ1) is 15.4. The lowest BCUT2D eigenvalue weighted by atomic mass is 10.1. The molecule has 1 aromatic carbocycles. The highest BCUT2D eigenvalue weighted by molar-refractivity contribution is 5.44. The van der Waals surface area contributed by atoms with Crippen LogP contribution in [0.15, 0.2) is 24.4 Å². The molecule has 0 saturated heterocycles. The number of aryl methyl sites for hydroxylation is 2. The molecule has 5 heteroatoms. The zero-order valence-electron chi connectivity index (χ0n) is 13.1. The second-order valence-corrected chi connectivity index (χ2v) is 4.84. The van der Waals surface area contributed by atoms with Crippen molar-refractivity contribution in [2.24, 2.45) is 0 Å². The Morgan fingerprint density at radius 3 is 2.33 bits per heavy atom. The molecule has 0 aliphatic heterocycles. The van der Waals surface area contributed by atoms with Crippen molar-refractivity contribution < 1.29 is 9.47 Å². The minimum atomic E-state index is 0.684. The van der Waals surface area contributed by atoms with Crippen molar-refractivity contribution in [2.45, 2.75) is 33.5 Å². The number of nitrogens with zero attached hydrogens (tertiary/aromatic N) is 2. The number of benzene rings is 1. The SMILES string of the molecule is CCn1cc(CNCc2c(OC)cccc2OC)c(C)n1. The molecule has 2 rings (SSSR count). The van der Waals surface area contributed by atoms with E-state index in [4.69, 9.17) is 9.47 Å². The largest absolute Gasteiger partial charge is 0.496 e. The number of hydrogen-bond acceptors (Lipinski definition) is 4. The Balaban J connectivity index is 2.04. The predicted octanol–water partition coefficient (Wildman–Crippen LogP) is 2.52. The molecule has 0 saturated carbocycles. The van der Waals surface area contributed by atoms with Gasteiger partial charge in [0, 0.05) is 37.0 Å². The van der Waals surface area contributed by atoms with Crippen molar-refractivity contribution in [3.05, 3.63) is 41.2 Å². The summed E-state index contributed by atoms with van der Waals surface area (Å²) in [7, 11) is 3.35. The lowest BCUT2D eigenvalue weighted by molar-refractivity contribution is 0.382. The third-order valence-corrected chi connectivity index (χ3v) is 3.52. The van der Waals surface area contributed by atoms with Crippen molar-refractivity contribution in [1.82, 2.24) is 15.1 Å². The Bertz CT molecular complexity index is 571. The van der Waals surface area contributed by atoms with Gasteiger partial charge in [0.15, 0.2) is 0 Å². The summed E-state index contributed by atoms with van der Waals surface area (Å²) in [5.74, 6) is 1.67. The Hall–Kier alpha value is -2.01. The zero-order chi connectivity index (χ0) is 15.2. The molecule has 0 bridgehead atoms. The molecule has 0 radical (unpaired) electrons. The van der Waals surface area contributed by atoms with Crippen molar-refractivity contribution in [3.8, 4) is 11.5 Å². The molecule has 21 heavy (non-hydrogen) atoms. The molecule has 0 atom stereocenters. The van der Waals surface area contributed by atoms with E-state index in [1.165, 1.54) is 5.56 Å². The van der Waals surface area contributed by atoms with E-state index < -0.39 is 0 Å². The van der Waals surface area contributed by atoms with E-state index in [-0.39, 0.29) is 0 Å². The number of hydrogen-bond donors (Lipinski definition) is 1. The molecule has 0 amide bonds. The summed E-state index contributed by atoms with van der Waals surface area (Å²) in [6.07, 6.45) is 2.09. The maximum Gasteiger partial charge on any atom is 0.127 e. The number of nitrogens with one attached hydrogen (secondary N) is 1. The second-order valence-electron chi connectivity index (χ2n) is 4.84. The van der Waals surface area contributed by atoms with Crippen LogP contribution in [0.2, 0.25) is 0 Å². The van der Waals surface area contributed by atoms with Gasteiger partial charge in [-0.1, -0.05) is 6.07 Å². The number of rotatable bonds is 7.